The molecule has 0 aromatic rings. The van der Waals surface area contributed by atoms with Crippen LogP contribution in [0, 0.1) is 23.2 Å². The average Bonchev–Trinajstić information content (AvgIpc) is 2.88. The van der Waals surface area contributed by atoms with Gasteiger partial charge in [0.05, 0.1) is 12.2 Å². The van der Waals surface area contributed by atoms with Crippen LogP contribution in [0.15, 0.2) is 60.4 Å². The summed E-state index contributed by atoms with van der Waals surface area (Å²) in [6, 6.07) is 0. The minimum Gasteiger partial charge on any atom is -0.490 e. The smallest absolute Gasteiger partial charge is 0.115 e. The zero-order chi connectivity index (χ0) is 29.0. The maximum atomic E-state index is 10.7. The molecule has 4 heteroatoms. The summed E-state index contributed by atoms with van der Waals surface area (Å²) in [5.74, 6) is 2.93. The molecule has 0 aliphatic heterocycles. The summed E-state index contributed by atoms with van der Waals surface area (Å²) in [7, 11) is 1.73. The van der Waals surface area contributed by atoms with Gasteiger partial charge >= 0.3 is 0 Å². The SMILES string of the molecule is C=C(C)CC(/C=C/CC(CCCC(O)CC(=N)CC(C)CC1CC=CCC1CC)OC(/C=C\C)=C\CC)OC. The monoisotopic (exact) mass is 541 g/mol. The first-order valence-corrected chi connectivity index (χ1v) is 15.4. The summed E-state index contributed by atoms with van der Waals surface area (Å²) in [6.45, 7) is 14.7. The van der Waals surface area contributed by atoms with Gasteiger partial charge in [0.15, 0.2) is 0 Å². The van der Waals surface area contributed by atoms with Crippen LogP contribution in [0.1, 0.15) is 112 Å². The molecule has 1 aliphatic carbocycles. The number of rotatable bonds is 21. The molecule has 1 rings (SSSR count). The van der Waals surface area contributed by atoms with E-state index in [1.54, 1.807) is 7.11 Å². The molecule has 6 unspecified atom stereocenters. The molecule has 0 saturated heterocycles. The topological polar surface area (TPSA) is 62.5 Å². The number of allylic oxidation sites excluding steroid dienone is 5. The highest BCUT2D eigenvalue weighted by atomic mass is 16.5. The second kappa shape index (κ2) is 20.9. The minimum absolute atomic E-state index is 0.0281. The van der Waals surface area contributed by atoms with Gasteiger partial charge < -0.3 is 20.0 Å². The van der Waals surface area contributed by atoms with Crippen molar-refractivity contribution < 1.29 is 14.6 Å². The predicted octanol–water partition coefficient (Wildman–Crippen LogP) is 9.52. The number of aliphatic hydroxyl groups excluding tert-OH is 1. The Hall–Kier alpha value is -1.91. The van der Waals surface area contributed by atoms with Crippen LogP contribution in [0.2, 0.25) is 0 Å². The zero-order valence-electron chi connectivity index (χ0n) is 26.0. The van der Waals surface area contributed by atoms with Crippen LogP contribution in [0.3, 0.4) is 0 Å². The first-order chi connectivity index (χ1) is 18.7. The van der Waals surface area contributed by atoms with Crippen LogP contribution in [0.4, 0.5) is 0 Å². The lowest BCUT2D eigenvalue weighted by Crippen LogP contribution is -2.21. The van der Waals surface area contributed by atoms with Gasteiger partial charge in [-0.15, -0.1) is 6.58 Å². The summed E-state index contributed by atoms with van der Waals surface area (Å²) in [6.07, 6.45) is 25.7. The van der Waals surface area contributed by atoms with Crippen molar-refractivity contribution in [1.29, 1.82) is 5.41 Å². The molecule has 0 radical (unpaired) electrons. The lowest BCUT2D eigenvalue weighted by atomic mass is 9.76. The van der Waals surface area contributed by atoms with Crippen molar-refractivity contribution in [3.63, 3.8) is 0 Å². The maximum Gasteiger partial charge on any atom is 0.115 e. The predicted molar refractivity (Wildman–Crippen MR) is 168 cm³/mol. The van der Waals surface area contributed by atoms with Crippen molar-refractivity contribution in [3.8, 4) is 0 Å². The Labute approximate surface area is 240 Å². The summed E-state index contributed by atoms with van der Waals surface area (Å²) in [4.78, 5) is 0. The molecule has 0 saturated carbocycles. The van der Waals surface area contributed by atoms with Crippen molar-refractivity contribution in [2.24, 2.45) is 17.8 Å². The molecule has 0 bridgehead atoms. The van der Waals surface area contributed by atoms with Crippen LogP contribution < -0.4 is 0 Å². The molecule has 1 aliphatic rings. The van der Waals surface area contributed by atoms with Crippen LogP contribution in [-0.4, -0.2) is 36.2 Å². The van der Waals surface area contributed by atoms with E-state index in [-0.39, 0.29) is 12.2 Å². The molecule has 0 aromatic carbocycles. The Morgan fingerprint density at radius 3 is 2.46 bits per heavy atom. The van der Waals surface area contributed by atoms with Crippen molar-refractivity contribution in [3.05, 3.63) is 60.4 Å². The first-order valence-electron chi connectivity index (χ1n) is 15.4. The van der Waals surface area contributed by atoms with Gasteiger partial charge in [0, 0.05) is 25.7 Å². The van der Waals surface area contributed by atoms with Crippen molar-refractivity contribution in [2.45, 2.75) is 130 Å². The van der Waals surface area contributed by atoms with Gasteiger partial charge in [0.25, 0.3) is 0 Å². The third-order valence-electron chi connectivity index (χ3n) is 7.72. The number of ether oxygens (including phenoxy) is 2. The van der Waals surface area contributed by atoms with Crippen molar-refractivity contribution in [2.75, 3.05) is 7.11 Å². The summed E-state index contributed by atoms with van der Waals surface area (Å²) in [5, 5.41) is 19.2. The van der Waals surface area contributed by atoms with E-state index >= 15 is 0 Å². The summed E-state index contributed by atoms with van der Waals surface area (Å²) < 4.78 is 11.9. The van der Waals surface area contributed by atoms with E-state index in [1.807, 2.05) is 26.0 Å². The lowest BCUT2D eigenvalue weighted by molar-refractivity contribution is 0.106. The normalized spacial score (nSPS) is 21.3. The molecular weight excluding hydrogens is 482 g/mol. The Morgan fingerprint density at radius 1 is 1.13 bits per heavy atom. The minimum atomic E-state index is -0.462. The standard InChI is InChI=1S/C35H59NO3/c1-8-15-33(16-9-2)39-34(21-14-22-35(38-7)23-27(4)5)20-13-19-32(37)26-31(36)25-28(6)24-30-18-12-11-17-29(30)10-3/h8,11-12,14-16,22,28-30,32,34-37H,4,9-10,13,17-21,23-26H2,1-3,5-7H3/b15-8-,22-14+,33-16-,36-31?. The van der Waals surface area contributed by atoms with Crippen LogP contribution >= 0.6 is 0 Å². The Balaban J connectivity index is 2.58. The fraction of sp³-hybridized carbons (Fsp3) is 0.686. The number of methoxy groups -OCH3 is 1. The van der Waals surface area contributed by atoms with E-state index in [9.17, 15) is 5.11 Å². The third-order valence-corrected chi connectivity index (χ3v) is 7.72. The van der Waals surface area contributed by atoms with Gasteiger partial charge in [-0.05, 0) is 102 Å². The van der Waals surface area contributed by atoms with E-state index in [0.717, 1.165) is 61.7 Å². The average molecular weight is 542 g/mol. The maximum absolute atomic E-state index is 10.7. The Kier molecular flexibility index (Phi) is 18.8. The molecule has 0 heterocycles. The van der Waals surface area contributed by atoms with E-state index in [0.29, 0.717) is 24.5 Å². The summed E-state index contributed by atoms with van der Waals surface area (Å²) in [5.41, 5.74) is 1.79. The van der Waals surface area contributed by atoms with Gasteiger partial charge in [0.2, 0.25) is 0 Å². The summed E-state index contributed by atoms with van der Waals surface area (Å²) >= 11 is 0. The fourth-order valence-corrected chi connectivity index (χ4v) is 5.68. The highest BCUT2D eigenvalue weighted by molar-refractivity contribution is 5.81. The van der Waals surface area contributed by atoms with E-state index in [2.05, 4.69) is 57.7 Å². The molecule has 0 fully saturated rings. The van der Waals surface area contributed by atoms with Crippen LogP contribution in [-0.2, 0) is 9.47 Å². The van der Waals surface area contributed by atoms with Crippen molar-refractivity contribution >= 4 is 5.71 Å². The molecule has 0 amide bonds. The second-order valence-electron chi connectivity index (χ2n) is 11.7. The quantitative estimate of drug-likeness (QED) is 0.0658. The van der Waals surface area contributed by atoms with Gasteiger partial charge in [-0.25, -0.2) is 0 Å². The number of aliphatic hydroxyl groups is 1. The van der Waals surface area contributed by atoms with E-state index < -0.39 is 6.10 Å². The molecule has 0 spiro atoms. The molecule has 222 valence electrons. The fourth-order valence-electron chi connectivity index (χ4n) is 5.68. The second-order valence-corrected chi connectivity index (χ2v) is 11.7. The van der Waals surface area contributed by atoms with E-state index in [1.165, 1.54) is 25.7 Å². The van der Waals surface area contributed by atoms with Crippen molar-refractivity contribution in [1.82, 2.24) is 0 Å². The molecule has 6 atom stereocenters. The van der Waals surface area contributed by atoms with Crippen LogP contribution in [0.25, 0.3) is 0 Å². The molecule has 39 heavy (non-hydrogen) atoms. The number of hydrogen-bond donors (Lipinski definition) is 2. The van der Waals surface area contributed by atoms with Gasteiger partial charge in [-0.1, -0.05) is 63.1 Å². The highest BCUT2D eigenvalue weighted by Crippen LogP contribution is 2.34. The molecule has 4 nitrogen and oxygen atoms in total. The lowest BCUT2D eigenvalue weighted by Gasteiger charge is -2.30. The largest absolute Gasteiger partial charge is 0.490 e. The van der Waals surface area contributed by atoms with Gasteiger partial charge in [-0.2, -0.15) is 0 Å². The Morgan fingerprint density at radius 2 is 1.85 bits per heavy atom. The number of nitrogens with one attached hydrogen (secondary N) is 1. The Bertz CT molecular complexity index is 809. The third kappa shape index (κ3) is 16.1. The van der Waals surface area contributed by atoms with E-state index in [4.69, 9.17) is 14.9 Å². The zero-order valence-corrected chi connectivity index (χ0v) is 26.0. The number of hydrogen-bond acceptors (Lipinski definition) is 4. The van der Waals surface area contributed by atoms with Gasteiger partial charge in [-0.3, -0.25) is 0 Å². The molecular formula is C35H59NO3. The highest BCUT2D eigenvalue weighted by Gasteiger charge is 2.23. The molecule has 2 N–H and O–H groups in total. The molecule has 0 aromatic heterocycles. The van der Waals surface area contributed by atoms with Crippen LogP contribution in [0.5, 0.6) is 0 Å². The first kappa shape index (κ1) is 35.1. The van der Waals surface area contributed by atoms with Gasteiger partial charge in [0.1, 0.15) is 11.9 Å².